The minimum absolute atomic E-state index is 0.112. The smallest absolute Gasteiger partial charge is 0.324 e. The summed E-state index contributed by atoms with van der Waals surface area (Å²) < 4.78 is 61.6. The molecule has 0 heterocycles. The number of sulfonamides is 1. The van der Waals surface area contributed by atoms with Gasteiger partial charge >= 0.3 is 6.18 Å². The number of nitrogens with one attached hydrogen (secondary N) is 1. The molecule has 0 aromatic carbocycles. The van der Waals surface area contributed by atoms with E-state index in [0.717, 1.165) is 38.5 Å². The Morgan fingerprint density at radius 2 is 1.65 bits per heavy atom. The van der Waals surface area contributed by atoms with Gasteiger partial charge in [-0.1, -0.05) is 25.7 Å². The first-order valence-electron chi connectivity index (χ1n) is 6.95. The van der Waals surface area contributed by atoms with Crippen molar-refractivity contribution < 1.29 is 21.6 Å². The Morgan fingerprint density at radius 3 is 2.15 bits per heavy atom. The first-order valence-corrected chi connectivity index (χ1v) is 8.60. The summed E-state index contributed by atoms with van der Waals surface area (Å²) in [6.07, 6.45) is -0.201. The van der Waals surface area contributed by atoms with Crippen molar-refractivity contribution in [2.24, 2.45) is 5.73 Å². The van der Waals surface area contributed by atoms with Gasteiger partial charge in [-0.15, -0.1) is 0 Å². The topological polar surface area (TPSA) is 72.2 Å². The Kier molecular flexibility index (Phi) is 6.27. The average molecular weight is 316 g/mol. The fraction of sp³-hybridized carbons (Fsp3) is 1.00. The van der Waals surface area contributed by atoms with Crippen LogP contribution in [0.1, 0.15) is 51.4 Å². The zero-order valence-corrected chi connectivity index (χ0v) is 12.3. The van der Waals surface area contributed by atoms with Crippen LogP contribution < -0.4 is 10.5 Å². The molecule has 0 aliphatic heterocycles. The van der Waals surface area contributed by atoms with Crippen LogP contribution in [-0.2, 0) is 10.0 Å². The van der Waals surface area contributed by atoms with E-state index < -0.39 is 40.3 Å². The van der Waals surface area contributed by atoms with E-state index in [1.54, 1.807) is 0 Å². The van der Waals surface area contributed by atoms with Gasteiger partial charge in [0.2, 0.25) is 10.0 Å². The third-order valence-electron chi connectivity index (χ3n) is 3.62. The molecule has 0 amide bonds. The highest BCUT2D eigenvalue weighted by atomic mass is 32.2. The molecule has 0 unspecified atom stereocenters. The van der Waals surface area contributed by atoms with Gasteiger partial charge in [0, 0.05) is 18.5 Å². The predicted octanol–water partition coefficient (Wildman–Crippen LogP) is 2.30. The fourth-order valence-electron chi connectivity index (χ4n) is 2.40. The molecule has 0 radical (unpaired) electrons. The van der Waals surface area contributed by atoms with E-state index in [-0.39, 0.29) is 6.54 Å². The molecule has 1 aliphatic rings. The number of hydrogen-bond acceptors (Lipinski definition) is 3. The molecule has 8 heteroatoms. The highest BCUT2D eigenvalue weighted by Crippen LogP contribution is 2.25. The zero-order chi connectivity index (χ0) is 15.3. The Balaban J connectivity index is 2.38. The van der Waals surface area contributed by atoms with Crippen LogP contribution in [0.3, 0.4) is 0 Å². The summed E-state index contributed by atoms with van der Waals surface area (Å²) >= 11 is 0. The molecule has 1 saturated carbocycles. The van der Waals surface area contributed by atoms with Gasteiger partial charge in [-0.05, 0) is 19.3 Å². The predicted molar refractivity (Wildman–Crippen MR) is 71.7 cm³/mol. The van der Waals surface area contributed by atoms with Crippen LogP contribution in [0.4, 0.5) is 13.2 Å². The lowest BCUT2D eigenvalue weighted by Crippen LogP contribution is -2.50. The molecule has 4 nitrogen and oxygen atoms in total. The molecular formula is C12H23F3N2O2S. The van der Waals surface area contributed by atoms with Crippen LogP contribution in [0, 0.1) is 0 Å². The van der Waals surface area contributed by atoms with Gasteiger partial charge in [-0.3, -0.25) is 0 Å². The van der Waals surface area contributed by atoms with Crippen LogP contribution >= 0.6 is 0 Å². The summed E-state index contributed by atoms with van der Waals surface area (Å²) in [6.45, 7) is 0.112. The maximum absolute atomic E-state index is 12.0. The standard InChI is InChI=1S/C12H23F3N2O2S/c13-12(14,15)8-5-9-20(18,19)17-10-11(16)6-3-1-2-4-7-11/h17H,1-10,16H2. The van der Waals surface area contributed by atoms with Crippen LogP contribution in [0.2, 0.25) is 0 Å². The molecule has 20 heavy (non-hydrogen) atoms. The Morgan fingerprint density at radius 1 is 1.10 bits per heavy atom. The van der Waals surface area contributed by atoms with Crippen LogP contribution in [0.15, 0.2) is 0 Å². The first-order chi connectivity index (χ1) is 9.12. The van der Waals surface area contributed by atoms with Gasteiger partial charge in [0.1, 0.15) is 0 Å². The SMILES string of the molecule is NC1(CNS(=O)(=O)CCCC(F)(F)F)CCCCCC1. The fourth-order valence-corrected chi connectivity index (χ4v) is 3.57. The summed E-state index contributed by atoms with van der Waals surface area (Å²) in [5.41, 5.74) is 5.60. The summed E-state index contributed by atoms with van der Waals surface area (Å²) in [7, 11) is -3.68. The largest absolute Gasteiger partial charge is 0.389 e. The van der Waals surface area contributed by atoms with E-state index in [1.807, 2.05) is 0 Å². The molecule has 0 spiro atoms. The second-order valence-corrected chi connectivity index (χ2v) is 7.56. The normalized spacial score (nSPS) is 20.6. The van der Waals surface area contributed by atoms with E-state index in [0.29, 0.717) is 0 Å². The molecule has 1 fully saturated rings. The summed E-state index contributed by atoms with van der Waals surface area (Å²) in [5.74, 6) is -0.511. The van der Waals surface area contributed by atoms with Crippen molar-refractivity contribution in [1.82, 2.24) is 4.72 Å². The number of nitrogens with two attached hydrogens (primary N) is 1. The lowest BCUT2D eigenvalue weighted by atomic mass is 9.92. The van der Waals surface area contributed by atoms with E-state index in [1.165, 1.54) is 0 Å². The Hall–Kier alpha value is -0.340. The van der Waals surface area contributed by atoms with Crippen molar-refractivity contribution in [2.75, 3.05) is 12.3 Å². The number of alkyl halides is 3. The molecule has 0 aromatic heterocycles. The van der Waals surface area contributed by atoms with Crippen molar-refractivity contribution in [3.63, 3.8) is 0 Å². The summed E-state index contributed by atoms with van der Waals surface area (Å²) in [6, 6.07) is 0. The molecule has 0 atom stereocenters. The number of halogens is 3. The van der Waals surface area contributed by atoms with E-state index >= 15 is 0 Å². The Labute approximate surface area is 118 Å². The average Bonchev–Trinajstić information content (AvgIpc) is 2.51. The summed E-state index contributed by atoms with van der Waals surface area (Å²) in [4.78, 5) is 0. The molecule has 3 N–H and O–H groups in total. The lowest BCUT2D eigenvalue weighted by molar-refractivity contribution is -0.134. The molecule has 1 aliphatic carbocycles. The van der Waals surface area contributed by atoms with E-state index in [2.05, 4.69) is 4.72 Å². The minimum atomic E-state index is -4.31. The van der Waals surface area contributed by atoms with Gasteiger partial charge in [0.05, 0.1) is 5.75 Å². The van der Waals surface area contributed by atoms with E-state index in [4.69, 9.17) is 5.73 Å². The van der Waals surface area contributed by atoms with E-state index in [9.17, 15) is 21.6 Å². The lowest BCUT2D eigenvalue weighted by Gasteiger charge is -2.28. The Bertz CT molecular complexity index is 388. The number of rotatable bonds is 6. The summed E-state index contributed by atoms with van der Waals surface area (Å²) in [5, 5.41) is 0. The second-order valence-electron chi connectivity index (χ2n) is 5.64. The maximum atomic E-state index is 12.0. The van der Waals surface area contributed by atoms with Crippen molar-refractivity contribution in [3.05, 3.63) is 0 Å². The molecule has 120 valence electrons. The van der Waals surface area contributed by atoms with Crippen molar-refractivity contribution in [1.29, 1.82) is 0 Å². The van der Waals surface area contributed by atoms with Crippen LogP contribution in [0.5, 0.6) is 0 Å². The van der Waals surface area contributed by atoms with Gasteiger partial charge in [-0.2, -0.15) is 13.2 Å². The second kappa shape index (κ2) is 7.09. The molecule has 0 aromatic rings. The number of hydrogen-bond donors (Lipinski definition) is 2. The third kappa shape index (κ3) is 7.44. The first kappa shape index (κ1) is 17.7. The van der Waals surface area contributed by atoms with Gasteiger partial charge in [0.15, 0.2) is 0 Å². The molecular weight excluding hydrogens is 293 g/mol. The van der Waals surface area contributed by atoms with Crippen molar-refractivity contribution in [2.45, 2.75) is 63.1 Å². The van der Waals surface area contributed by atoms with Crippen molar-refractivity contribution in [3.8, 4) is 0 Å². The highest BCUT2D eigenvalue weighted by molar-refractivity contribution is 7.89. The quantitative estimate of drug-likeness (QED) is 0.739. The molecule has 0 saturated heterocycles. The van der Waals surface area contributed by atoms with Crippen LogP contribution in [0.25, 0.3) is 0 Å². The molecule has 0 bridgehead atoms. The van der Waals surface area contributed by atoms with Gasteiger partial charge in [0.25, 0.3) is 0 Å². The minimum Gasteiger partial charge on any atom is -0.324 e. The zero-order valence-electron chi connectivity index (χ0n) is 11.5. The van der Waals surface area contributed by atoms with Crippen LogP contribution in [-0.4, -0.2) is 32.4 Å². The van der Waals surface area contributed by atoms with Gasteiger partial charge < -0.3 is 5.73 Å². The van der Waals surface area contributed by atoms with Gasteiger partial charge in [-0.25, -0.2) is 13.1 Å². The third-order valence-corrected chi connectivity index (χ3v) is 5.03. The monoisotopic (exact) mass is 316 g/mol. The van der Waals surface area contributed by atoms with Crippen molar-refractivity contribution >= 4 is 10.0 Å². The molecule has 1 rings (SSSR count). The highest BCUT2D eigenvalue weighted by Gasteiger charge is 2.29. The maximum Gasteiger partial charge on any atom is 0.389 e.